The minimum Gasteiger partial charge on any atom is -0.447 e. The van der Waals surface area contributed by atoms with Crippen molar-refractivity contribution in [2.45, 2.75) is 39.7 Å². The zero-order valence-corrected chi connectivity index (χ0v) is 11.9. The average Bonchev–Trinajstić information content (AvgIpc) is 2.95. The van der Waals surface area contributed by atoms with Crippen LogP contribution < -0.4 is 5.32 Å². The topological polar surface area (TPSA) is 47.6 Å². The largest absolute Gasteiger partial charge is 0.447 e. The summed E-state index contributed by atoms with van der Waals surface area (Å²) in [4.78, 5) is 11.5. The molecule has 0 saturated carbocycles. The zero-order valence-electron chi connectivity index (χ0n) is 11.9. The van der Waals surface area contributed by atoms with Crippen LogP contribution in [-0.2, 0) is 9.47 Å². The van der Waals surface area contributed by atoms with E-state index in [1.165, 1.54) is 0 Å². The van der Waals surface area contributed by atoms with Gasteiger partial charge in [0.05, 0.1) is 6.10 Å². The summed E-state index contributed by atoms with van der Waals surface area (Å²) in [5.41, 5.74) is 1.90. The standard InChI is InChI=1S/C13H17NO3.C2H6/c1-10-4-6-11(7-5-10)14-13(15)17-9-12-3-2-8-16-12;1-2/h4-7,12H,2-3,8-9H2,1H3,(H,14,15);1-2H3. The average molecular weight is 265 g/mol. The van der Waals surface area contributed by atoms with Crippen LogP contribution in [0.3, 0.4) is 0 Å². The molecular formula is C15H23NO3. The molecule has 4 heteroatoms. The van der Waals surface area contributed by atoms with Crippen molar-refractivity contribution in [3.8, 4) is 0 Å². The summed E-state index contributed by atoms with van der Waals surface area (Å²) in [7, 11) is 0. The summed E-state index contributed by atoms with van der Waals surface area (Å²) in [6.07, 6.45) is 1.66. The van der Waals surface area contributed by atoms with Gasteiger partial charge >= 0.3 is 6.09 Å². The SMILES string of the molecule is CC.Cc1ccc(NC(=O)OCC2CCCO2)cc1. The van der Waals surface area contributed by atoms with Gasteiger partial charge in [-0.3, -0.25) is 5.32 Å². The molecule has 1 aromatic rings. The van der Waals surface area contributed by atoms with E-state index in [1.54, 1.807) is 0 Å². The van der Waals surface area contributed by atoms with Gasteiger partial charge < -0.3 is 9.47 Å². The monoisotopic (exact) mass is 265 g/mol. The molecule has 1 fully saturated rings. The van der Waals surface area contributed by atoms with Crippen molar-refractivity contribution in [2.24, 2.45) is 0 Å². The predicted molar refractivity (Wildman–Crippen MR) is 76.5 cm³/mol. The Labute approximate surface area is 115 Å². The van der Waals surface area contributed by atoms with Gasteiger partial charge in [-0.15, -0.1) is 0 Å². The van der Waals surface area contributed by atoms with Crippen molar-refractivity contribution < 1.29 is 14.3 Å². The highest BCUT2D eigenvalue weighted by molar-refractivity contribution is 5.84. The van der Waals surface area contributed by atoms with E-state index < -0.39 is 6.09 Å². The molecule has 1 saturated heterocycles. The molecule has 1 N–H and O–H groups in total. The molecule has 1 aromatic carbocycles. The van der Waals surface area contributed by atoms with E-state index in [2.05, 4.69) is 5.32 Å². The Bertz CT molecular complexity index is 369. The van der Waals surface area contributed by atoms with Crippen LogP contribution in [0.2, 0.25) is 0 Å². The molecule has 0 aromatic heterocycles. The highest BCUT2D eigenvalue weighted by Crippen LogP contribution is 2.13. The molecule has 1 aliphatic heterocycles. The van der Waals surface area contributed by atoms with Gasteiger partial charge in [0.25, 0.3) is 0 Å². The summed E-state index contributed by atoms with van der Waals surface area (Å²) in [6, 6.07) is 7.58. The first-order chi connectivity index (χ1) is 9.24. The summed E-state index contributed by atoms with van der Waals surface area (Å²) in [5.74, 6) is 0. The van der Waals surface area contributed by atoms with Crippen molar-refractivity contribution in [3.63, 3.8) is 0 Å². The number of carbonyl (C=O) groups excluding carboxylic acids is 1. The summed E-state index contributed by atoms with van der Waals surface area (Å²) >= 11 is 0. The van der Waals surface area contributed by atoms with Gasteiger partial charge in [0.15, 0.2) is 0 Å². The van der Waals surface area contributed by atoms with Crippen LogP contribution in [0.5, 0.6) is 0 Å². The van der Waals surface area contributed by atoms with Gasteiger partial charge in [0.2, 0.25) is 0 Å². The molecule has 1 unspecified atom stereocenters. The third-order valence-corrected chi connectivity index (χ3v) is 2.72. The minimum atomic E-state index is -0.427. The van der Waals surface area contributed by atoms with Gasteiger partial charge in [-0.05, 0) is 31.9 Å². The lowest BCUT2D eigenvalue weighted by Crippen LogP contribution is -2.21. The van der Waals surface area contributed by atoms with E-state index >= 15 is 0 Å². The van der Waals surface area contributed by atoms with E-state index in [4.69, 9.17) is 9.47 Å². The third kappa shape index (κ3) is 5.75. The number of aryl methyl sites for hydroxylation is 1. The molecule has 2 rings (SSSR count). The Kier molecular flexibility index (Phi) is 6.97. The van der Waals surface area contributed by atoms with Crippen LogP contribution in [0.4, 0.5) is 10.5 Å². The molecule has 1 amide bonds. The Hall–Kier alpha value is -1.55. The fraction of sp³-hybridized carbons (Fsp3) is 0.533. The van der Waals surface area contributed by atoms with Crippen LogP contribution in [0.1, 0.15) is 32.3 Å². The second-order valence-electron chi connectivity index (χ2n) is 4.22. The first-order valence-corrected chi connectivity index (χ1v) is 6.86. The number of hydrogen-bond acceptors (Lipinski definition) is 3. The minimum absolute atomic E-state index is 0.0683. The fourth-order valence-corrected chi connectivity index (χ4v) is 1.74. The Morgan fingerprint density at radius 3 is 2.63 bits per heavy atom. The van der Waals surface area contributed by atoms with Crippen LogP contribution in [-0.4, -0.2) is 25.4 Å². The molecule has 1 aliphatic rings. The third-order valence-electron chi connectivity index (χ3n) is 2.72. The van der Waals surface area contributed by atoms with Gasteiger partial charge in [-0.2, -0.15) is 0 Å². The summed E-state index contributed by atoms with van der Waals surface area (Å²) < 4.78 is 10.4. The highest BCUT2D eigenvalue weighted by Gasteiger charge is 2.17. The maximum atomic E-state index is 11.5. The maximum absolute atomic E-state index is 11.5. The van der Waals surface area contributed by atoms with Crippen molar-refractivity contribution in [1.82, 2.24) is 0 Å². The number of nitrogens with one attached hydrogen (secondary N) is 1. The quantitative estimate of drug-likeness (QED) is 0.905. The molecule has 0 aliphatic carbocycles. The molecule has 1 atom stereocenters. The van der Waals surface area contributed by atoms with Gasteiger partial charge in [-0.1, -0.05) is 31.5 Å². The molecular weight excluding hydrogens is 242 g/mol. The van der Waals surface area contributed by atoms with Crippen molar-refractivity contribution in [2.75, 3.05) is 18.5 Å². The summed E-state index contributed by atoms with van der Waals surface area (Å²) in [6.45, 7) is 7.10. The highest BCUT2D eigenvalue weighted by atomic mass is 16.6. The number of benzene rings is 1. The number of ether oxygens (including phenoxy) is 2. The Morgan fingerprint density at radius 1 is 1.37 bits per heavy atom. The Morgan fingerprint density at radius 2 is 2.05 bits per heavy atom. The fourth-order valence-electron chi connectivity index (χ4n) is 1.74. The number of anilines is 1. The van der Waals surface area contributed by atoms with Crippen LogP contribution in [0.15, 0.2) is 24.3 Å². The number of rotatable bonds is 3. The normalized spacial score (nSPS) is 17.3. The molecule has 1 heterocycles. The molecule has 106 valence electrons. The lowest BCUT2D eigenvalue weighted by molar-refractivity contribution is 0.0484. The van der Waals surface area contributed by atoms with Crippen LogP contribution in [0, 0.1) is 6.92 Å². The Balaban J connectivity index is 0.000000861. The van der Waals surface area contributed by atoms with E-state index in [0.29, 0.717) is 6.61 Å². The lowest BCUT2D eigenvalue weighted by atomic mass is 10.2. The predicted octanol–water partition coefficient (Wildman–Crippen LogP) is 3.75. The maximum Gasteiger partial charge on any atom is 0.411 e. The smallest absolute Gasteiger partial charge is 0.411 e. The number of hydrogen-bond donors (Lipinski definition) is 1. The number of amides is 1. The molecule has 0 radical (unpaired) electrons. The van der Waals surface area contributed by atoms with E-state index in [-0.39, 0.29) is 6.10 Å². The van der Waals surface area contributed by atoms with Crippen molar-refractivity contribution >= 4 is 11.8 Å². The molecule has 0 bridgehead atoms. The van der Waals surface area contributed by atoms with E-state index in [1.807, 2.05) is 45.0 Å². The first-order valence-electron chi connectivity index (χ1n) is 6.86. The molecule has 19 heavy (non-hydrogen) atoms. The van der Waals surface area contributed by atoms with Gasteiger partial charge in [0, 0.05) is 12.3 Å². The van der Waals surface area contributed by atoms with Gasteiger partial charge in [0.1, 0.15) is 6.61 Å². The van der Waals surface area contributed by atoms with Crippen LogP contribution in [0.25, 0.3) is 0 Å². The second kappa shape index (κ2) is 8.53. The lowest BCUT2D eigenvalue weighted by Gasteiger charge is -2.11. The van der Waals surface area contributed by atoms with Crippen molar-refractivity contribution in [1.29, 1.82) is 0 Å². The van der Waals surface area contributed by atoms with Crippen LogP contribution >= 0.6 is 0 Å². The van der Waals surface area contributed by atoms with E-state index in [9.17, 15) is 4.79 Å². The van der Waals surface area contributed by atoms with Crippen molar-refractivity contribution in [3.05, 3.63) is 29.8 Å². The van der Waals surface area contributed by atoms with E-state index in [0.717, 1.165) is 30.7 Å². The number of carbonyl (C=O) groups is 1. The second-order valence-corrected chi connectivity index (χ2v) is 4.22. The molecule has 0 spiro atoms. The zero-order chi connectivity index (χ0) is 14.1. The van der Waals surface area contributed by atoms with Gasteiger partial charge in [-0.25, -0.2) is 4.79 Å². The summed E-state index contributed by atoms with van der Waals surface area (Å²) in [5, 5.41) is 2.68. The first kappa shape index (κ1) is 15.5. The molecule has 4 nitrogen and oxygen atoms in total.